The molecule has 8 nitrogen and oxygen atoms in total. The molecule has 2 aliphatic rings. The van der Waals surface area contributed by atoms with Crippen LogP contribution < -0.4 is 10.1 Å². The summed E-state index contributed by atoms with van der Waals surface area (Å²) in [5.74, 6) is 2.08. The van der Waals surface area contributed by atoms with Crippen LogP contribution in [-0.4, -0.2) is 84.6 Å². The van der Waals surface area contributed by atoms with Gasteiger partial charge in [0.1, 0.15) is 5.75 Å². The smallest absolute Gasteiger partial charge is 0.219 e. The average molecular weight is 631 g/mol. The number of aliphatic imine (C=N–C) groups is 2. The molecule has 2 fully saturated rings. The van der Waals surface area contributed by atoms with E-state index in [2.05, 4.69) is 33.2 Å². The predicted molar refractivity (Wildman–Crippen MR) is 181 cm³/mol. The van der Waals surface area contributed by atoms with E-state index in [0.717, 1.165) is 69.2 Å². The van der Waals surface area contributed by atoms with E-state index in [9.17, 15) is 14.4 Å². The Morgan fingerprint density at radius 3 is 2.40 bits per heavy atom. The van der Waals surface area contributed by atoms with Crippen molar-refractivity contribution in [1.82, 2.24) is 10.2 Å². The van der Waals surface area contributed by atoms with Crippen LogP contribution in [0.1, 0.15) is 89.5 Å². The second-order valence-corrected chi connectivity index (χ2v) is 14.0. The molecule has 238 valence electrons. The standard InChI is InChI=1S/C33H50N4O4S2/c1-3-37(25-26-13-6-8-15-32(26)41-2)21-11-5-4-10-18-34-28-23-31(39)29(24-30(28)38)35-19-12-20-36-33(40)16-9-7-14-27-17-22-42-43-27/h6,8,13,15,27H,3-5,7,9-12,14,16-25H2,1-2H3,(H,36,40). The first kappa shape index (κ1) is 35.3. The molecule has 1 N–H and O–H groups in total. The van der Waals surface area contributed by atoms with Gasteiger partial charge in [-0.15, -0.1) is 0 Å². The van der Waals surface area contributed by atoms with Gasteiger partial charge in [-0.3, -0.25) is 29.3 Å². The molecule has 3 rings (SSSR count). The van der Waals surface area contributed by atoms with Gasteiger partial charge < -0.3 is 10.1 Å². The Labute approximate surface area is 266 Å². The Morgan fingerprint density at radius 1 is 0.977 bits per heavy atom. The highest BCUT2D eigenvalue weighted by atomic mass is 33.1. The molecule has 0 aromatic heterocycles. The number of Topliss-reactive ketones (excluding diaryl/α,β-unsaturated/α-hetero) is 2. The van der Waals surface area contributed by atoms with Crippen molar-refractivity contribution in [2.75, 3.05) is 45.6 Å². The summed E-state index contributed by atoms with van der Waals surface area (Å²) < 4.78 is 5.48. The van der Waals surface area contributed by atoms with Gasteiger partial charge in [0.25, 0.3) is 0 Å². The maximum absolute atomic E-state index is 12.6. The van der Waals surface area contributed by atoms with Gasteiger partial charge in [0, 0.05) is 49.2 Å². The summed E-state index contributed by atoms with van der Waals surface area (Å²) in [7, 11) is 5.66. The average Bonchev–Trinajstić information content (AvgIpc) is 3.54. The molecule has 1 atom stereocenters. The lowest BCUT2D eigenvalue weighted by Crippen LogP contribution is -2.33. The van der Waals surface area contributed by atoms with E-state index in [-0.39, 0.29) is 30.3 Å². The predicted octanol–water partition coefficient (Wildman–Crippen LogP) is 6.11. The van der Waals surface area contributed by atoms with E-state index in [4.69, 9.17) is 4.74 Å². The minimum Gasteiger partial charge on any atom is -0.496 e. The number of hydrogen-bond donors (Lipinski definition) is 1. The number of ketones is 2. The normalized spacial score (nSPS) is 19.1. The molecular weight excluding hydrogens is 581 g/mol. The van der Waals surface area contributed by atoms with Crippen molar-refractivity contribution in [3.63, 3.8) is 0 Å². The van der Waals surface area contributed by atoms with Crippen molar-refractivity contribution in [3.05, 3.63) is 29.8 Å². The van der Waals surface area contributed by atoms with Crippen molar-refractivity contribution < 1.29 is 19.1 Å². The summed E-state index contributed by atoms with van der Waals surface area (Å²) in [6.45, 7) is 6.64. The van der Waals surface area contributed by atoms with Crippen LogP contribution in [0.5, 0.6) is 5.75 Å². The largest absolute Gasteiger partial charge is 0.496 e. The molecule has 1 saturated carbocycles. The third kappa shape index (κ3) is 13.6. The summed E-state index contributed by atoms with van der Waals surface area (Å²) in [6, 6.07) is 8.17. The fourth-order valence-electron chi connectivity index (χ4n) is 5.26. The van der Waals surface area contributed by atoms with Crippen molar-refractivity contribution >= 4 is 50.5 Å². The van der Waals surface area contributed by atoms with Gasteiger partial charge >= 0.3 is 0 Å². The van der Waals surface area contributed by atoms with Crippen LogP contribution in [0.3, 0.4) is 0 Å². The van der Waals surface area contributed by atoms with Gasteiger partial charge in [0.2, 0.25) is 5.91 Å². The first-order valence-corrected chi connectivity index (χ1v) is 18.4. The van der Waals surface area contributed by atoms with Crippen LogP contribution in [0.25, 0.3) is 0 Å². The molecule has 1 aliphatic heterocycles. The molecule has 1 aromatic rings. The minimum atomic E-state index is -0.101. The lowest BCUT2D eigenvalue weighted by Gasteiger charge is -2.21. The number of nitrogens with zero attached hydrogens (tertiary/aromatic N) is 3. The van der Waals surface area contributed by atoms with E-state index in [1.165, 1.54) is 24.2 Å². The first-order valence-electron chi connectivity index (χ1n) is 16.0. The lowest BCUT2D eigenvalue weighted by molar-refractivity contribution is -0.121. The van der Waals surface area contributed by atoms with E-state index in [1.54, 1.807) is 7.11 Å². The Morgan fingerprint density at radius 2 is 1.70 bits per heavy atom. The van der Waals surface area contributed by atoms with Gasteiger partial charge in [0.15, 0.2) is 11.6 Å². The number of para-hydroxylation sites is 1. The minimum absolute atomic E-state index is 0.0425. The molecule has 1 aliphatic carbocycles. The molecule has 0 radical (unpaired) electrons. The molecule has 0 spiro atoms. The fraction of sp³-hybridized carbons (Fsp3) is 0.667. The number of amides is 1. The monoisotopic (exact) mass is 630 g/mol. The van der Waals surface area contributed by atoms with Gasteiger partial charge in [-0.2, -0.15) is 0 Å². The van der Waals surface area contributed by atoms with Crippen molar-refractivity contribution in [3.8, 4) is 5.75 Å². The van der Waals surface area contributed by atoms with Crippen LogP contribution in [0.15, 0.2) is 34.3 Å². The number of carbonyl (C=O) groups is 3. The lowest BCUT2D eigenvalue weighted by atomic mass is 9.93. The fourth-order valence-corrected chi connectivity index (χ4v) is 8.29. The van der Waals surface area contributed by atoms with Crippen LogP contribution in [0, 0.1) is 0 Å². The Balaban J connectivity index is 1.23. The Hall–Kier alpha value is -2.17. The number of benzene rings is 1. The summed E-state index contributed by atoms with van der Waals surface area (Å²) in [5.41, 5.74) is 1.96. The zero-order valence-electron chi connectivity index (χ0n) is 26.1. The topological polar surface area (TPSA) is 100 Å². The number of rotatable bonds is 20. The summed E-state index contributed by atoms with van der Waals surface area (Å²) in [6.07, 6.45) is 10.0. The molecule has 0 bridgehead atoms. The zero-order valence-corrected chi connectivity index (χ0v) is 27.7. The Kier molecular flexibility index (Phi) is 17.0. The Bertz CT molecular complexity index is 1090. The van der Waals surface area contributed by atoms with Gasteiger partial charge in [-0.1, -0.05) is 66.0 Å². The van der Waals surface area contributed by atoms with Crippen LogP contribution in [0.2, 0.25) is 0 Å². The highest BCUT2D eigenvalue weighted by Gasteiger charge is 2.28. The number of carbonyl (C=O) groups excluding carboxylic acids is 3. The van der Waals surface area contributed by atoms with Gasteiger partial charge in [-0.25, -0.2) is 0 Å². The third-order valence-electron chi connectivity index (χ3n) is 7.89. The second-order valence-electron chi connectivity index (χ2n) is 11.2. The summed E-state index contributed by atoms with van der Waals surface area (Å²) in [4.78, 5) is 48.4. The summed E-state index contributed by atoms with van der Waals surface area (Å²) >= 11 is 0. The van der Waals surface area contributed by atoms with Crippen LogP contribution in [-0.2, 0) is 20.9 Å². The molecule has 1 unspecified atom stereocenters. The number of unbranched alkanes of at least 4 members (excludes halogenated alkanes) is 4. The third-order valence-corrected chi connectivity index (χ3v) is 10.9. The van der Waals surface area contributed by atoms with E-state index >= 15 is 0 Å². The van der Waals surface area contributed by atoms with Crippen molar-refractivity contribution in [2.45, 2.75) is 95.8 Å². The van der Waals surface area contributed by atoms with Crippen LogP contribution >= 0.6 is 21.6 Å². The molecule has 1 heterocycles. The molecule has 43 heavy (non-hydrogen) atoms. The molecule has 1 aromatic carbocycles. The zero-order chi connectivity index (χ0) is 30.7. The van der Waals surface area contributed by atoms with Crippen molar-refractivity contribution in [1.29, 1.82) is 0 Å². The number of hydrogen-bond acceptors (Lipinski definition) is 9. The number of methoxy groups -OCH3 is 1. The van der Waals surface area contributed by atoms with Crippen LogP contribution in [0.4, 0.5) is 0 Å². The van der Waals surface area contributed by atoms with Gasteiger partial charge in [-0.05, 0) is 57.7 Å². The highest BCUT2D eigenvalue weighted by Crippen LogP contribution is 2.39. The SMILES string of the molecule is CCN(CCCCCCN=C1CC(=O)C(=NCCCNC(=O)CCCCC2CCSS2)CC1=O)Cc1ccccc1OC. The first-order chi connectivity index (χ1) is 21.0. The van der Waals surface area contributed by atoms with E-state index < -0.39 is 0 Å². The van der Waals surface area contributed by atoms with E-state index in [1.807, 2.05) is 39.8 Å². The highest BCUT2D eigenvalue weighted by molar-refractivity contribution is 8.77. The van der Waals surface area contributed by atoms with E-state index in [0.29, 0.717) is 43.9 Å². The molecular formula is C33H50N4O4S2. The molecule has 1 saturated heterocycles. The number of nitrogens with one attached hydrogen (secondary N) is 1. The summed E-state index contributed by atoms with van der Waals surface area (Å²) in [5, 5.41) is 3.71. The number of ether oxygens (including phenoxy) is 1. The van der Waals surface area contributed by atoms with Crippen molar-refractivity contribution in [2.24, 2.45) is 9.98 Å². The maximum Gasteiger partial charge on any atom is 0.219 e. The molecule has 1 amide bonds. The molecule has 10 heteroatoms. The second kappa shape index (κ2) is 20.7. The quantitative estimate of drug-likeness (QED) is 0.137. The maximum atomic E-state index is 12.6. The van der Waals surface area contributed by atoms with Gasteiger partial charge in [0.05, 0.1) is 31.4 Å².